The lowest BCUT2D eigenvalue weighted by atomic mass is 9.97. The van der Waals surface area contributed by atoms with E-state index in [1.807, 2.05) is 13.8 Å². The molecule has 0 bridgehead atoms. The second kappa shape index (κ2) is 6.08. The number of rotatable bonds is 6. The molecule has 18 heavy (non-hydrogen) atoms. The molecule has 0 atom stereocenters. The van der Waals surface area contributed by atoms with E-state index in [1.165, 1.54) is 0 Å². The molecule has 0 aliphatic carbocycles. The summed E-state index contributed by atoms with van der Waals surface area (Å²) in [5.74, 6) is -0.671. The molecule has 0 fully saturated rings. The highest BCUT2D eigenvalue weighted by atomic mass is 79.9. The van der Waals surface area contributed by atoms with Crippen LogP contribution in [0.5, 0.6) is 0 Å². The number of nitrogens with one attached hydrogen (secondary N) is 1. The van der Waals surface area contributed by atoms with Crippen molar-refractivity contribution < 1.29 is 12.8 Å². The number of hydrogen-bond donors (Lipinski definition) is 1. The van der Waals surface area contributed by atoms with E-state index in [2.05, 4.69) is 25.6 Å². The van der Waals surface area contributed by atoms with Crippen LogP contribution in [0, 0.1) is 5.82 Å². The second-order valence-electron chi connectivity index (χ2n) is 4.07. The second-order valence-corrected chi connectivity index (χ2v) is 6.31. The molecule has 102 valence electrons. The first-order valence-electron chi connectivity index (χ1n) is 5.59. The fourth-order valence-corrected chi connectivity index (χ4v) is 4.13. The van der Waals surface area contributed by atoms with Gasteiger partial charge in [-0.05, 0) is 18.9 Å². The number of sulfonamides is 1. The van der Waals surface area contributed by atoms with Crippen molar-refractivity contribution in [3.05, 3.63) is 24.3 Å². The summed E-state index contributed by atoms with van der Waals surface area (Å²) in [6.07, 6.45) is 3.37. The fourth-order valence-electron chi connectivity index (χ4n) is 1.49. The van der Waals surface area contributed by atoms with Crippen molar-refractivity contribution in [1.82, 2.24) is 9.71 Å². The highest BCUT2D eigenvalue weighted by Gasteiger charge is 2.31. The summed E-state index contributed by atoms with van der Waals surface area (Å²) in [6, 6.07) is 0.958. The van der Waals surface area contributed by atoms with Gasteiger partial charge in [0.2, 0.25) is 10.0 Å². The van der Waals surface area contributed by atoms with E-state index in [0.29, 0.717) is 18.2 Å². The van der Waals surface area contributed by atoms with Gasteiger partial charge in [0, 0.05) is 17.1 Å². The minimum Gasteiger partial charge on any atom is -0.260 e. The van der Waals surface area contributed by atoms with Crippen molar-refractivity contribution in [2.45, 2.75) is 37.1 Å². The third-order valence-corrected chi connectivity index (χ3v) is 5.57. The first-order valence-corrected chi connectivity index (χ1v) is 8.20. The van der Waals surface area contributed by atoms with Gasteiger partial charge < -0.3 is 0 Å². The number of halogens is 2. The van der Waals surface area contributed by atoms with E-state index in [1.54, 1.807) is 0 Å². The van der Waals surface area contributed by atoms with Crippen LogP contribution in [-0.4, -0.2) is 24.3 Å². The lowest BCUT2D eigenvalue weighted by molar-refractivity contribution is 0.398. The van der Waals surface area contributed by atoms with Gasteiger partial charge in [-0.25, -0.2) is 17.5 Å². The van der Waals surface area contributed by atoms with Crippen LogP contribution in [-0.2, 0) is 10.0 Å². The van der Waals surface area contributed by atoms with Gasteiger partial charge in [-0.1, -0.05) is 29.8 Å². The van der Waals surface area contributed by atoms with Crippen molar-refractivity contribution in [1.29, 1.82) is 0 Å². The monoisotopic (exact) mass is 338 g/mol. The van der Waals surface area contributed by atoms with Crippen LogP contribution < -0.4 is 4.72 Å². The molecule has 0 aliphatic rings. The SMILES string of the molecule is CCC(CC)(CBr)NS(=O)(=O)c1cncc(F)c1. The normalized spacial score (nSPS) is 12.7. The highest BCUT2D eigenvalue weighted by molar-refractivity contribution is 9.09. The fraction of sp³-hybridized carbons (Fsp3) is 0.545. The van der Waals surface area contributed by atoms with Gasteiger partial charge in [0.15, 0.2) is 0 Å². The summed E-state index contributed by atoms with van der Waals surface area (Å²) in [4.78, 5) is 3.39. The van der Waals surface area contributed by atoms with Crippen LogP contribution in [0.4, 0.5) is 4.39 Å². The van der Waals surface area contributed by atoms with E-state index in [-0.39, 0.29) is 4.90 Å². The Morgan fingerprint density at radius 1 is 1.39 bits per heavy atom. The zero-order chi connectivity index (χ0) is 13.8. The van der Waals surface area contributed by atoms with Crippen molar-refractivity contribution in [2.75, 3.05) is 5.33 Å². The van der Waals surface area contributed by atoms with Crippen LogP contribution >= 0.6 is 15.9 Å². The first-order chi connectivity index (χ1) is 8.39. The zero-order valence-electron chi connectivity index (χ0n) is 10.3. The molecule has 0 amide bonds. The average Bonchev–Trinajstić information content (AvgIpc) is 2.36. The summed E-state index contributed by atoms with van der Waals surface area (Å²) < 4.78 is 39.9. The van der Waals surface area contributed by atoms with E-state index in [9.17, 15) is 12.8 Å². The molecule has 1 aromatic rings. The number of alkyl halides is 1. The maximum Gasteiger partial charge on any atom is 0.242 e. The largest absolute Gasteiger partial charge is 0.260 e. The minimum absolute atomic E-state index is 0.158. The zero-order valence-corrected chi connectivity index (χ0v) is 12.7. The quantitative estimate of drug-likeness (QED) is 0.810. The van der Waals surface area contributed by atoms with Gasteiger partial charge in [0.25, 0.3) is 0 Å². The smallest absolute Gasteiger partial charge is 0.242 e. The summed E-state index contributed by atoms with van der Waals surface area (Å²) in [5, 5.41) is 0.495. The van der Waals surface area contributed by atoms with Crippen LogP contribution in [0.15, 0.2) is 23.4 Å². The average molecular weight is 339 g/mol. The van der Waals surface area contributed by atoms with Crippen molar-refractivity contribution >= 4 is 26.0 Å². The Labute approximate surface area is 115 Å². The van der Waals surface area contributed by atoms with Crippen LogP contribution in [0.1, 0.15) is 26.7 Å². The lowest BCUT2D eigenvalue weighted by Crippen LogP contribution is -2.48. The van der Waals surface area contributed by atoms with Gasteiger partial charge in [0.1, 0.15) is 10.7 Å². The van der Waals surface area contributed by atoms with E-state index < -0.39 is 21.4 Å². The van der Waals surface area contributed by atoms with Crippen LogP contribution in [0.25, 0.3) is 0 Å². The predicted molar refractivity (Wildman–Crippen MR) is 71.6 cm³/mol. The van der Waals surface area contributed by atoms with Gasteiger partial charge >= 0.3 is 0 Å². The lowest BCUT2D eigenvalue weighted by Gasteiger charge is -2.30. The molecule has 1 rings (SSSR count). The van der Waals surface area contributed by atoms with Crippen molar-refractivity contribution in [3.8, 4) is 0 Å². The summed E-state index contributed by atoms with van der Waals surface area (Å²) in [7, 11) is -3.76. The molecule has 0 unspecified atom stereocenters. The molecule has 7 heteroatoms. The molecule has 0 aromatic carbocycles. The number of aromatic nitrogens is 1. The molecule has 1 heterocycles. The Hall–Kier alpha value is -0.530. The summed E-state index contributed by atoms with van der Waals surface area (Å²) in [5.41, 5.74) is -0.564. The molecular weight excluding hydrogens is 323 g/mol. The van der Waals surface area contributed by atoms with Crippen LogP contribution in [0.2, 0.25) is 0 Å². The first kappa shape index (κ1) is 15.5. The maximum absolute atomic E-state index is 13.0. The predicted octanol–water partition coefficient (Wildman–Crippen LogP) is 2.45. The van der Waals surface area contributed by atoms with E-state index in [0.717, 1.165) is 18.5 Å². The Morgan fingerprint density at radius 3 is 2.44 bits per heavy atom. The van der Waals surface area contributed by atoms with Crippen LogP contribution in [0.3, 0.4) is 0 Å². The van der Waals surface area contributed by atoms with Gasteiger partial charge in [-0.2, -0.15) is 0 Å². The van der Waals surface area contributed by atoms with Gasteiger partial charge in [-0.3, -0.25) is 4.98 Å². The minimum atomic E-state index is -3.76. The third-order valence-electron chi connectivity index (χ3n) is 2.95. The van der Waals surface area contributed by atoms with Crippen molar-refractivity contribution in [2.24, 2.45) is 0 Å². The molecule has 0 saturated carbocycles. The molecule has 0 aliphatic heterocycles. The molecule has 1 N–H and O–H groups in total. The topological polar surface area (TPSA) is 59.1 Å². The Kier molecular flexibility index (Phi) is 5.24. The summed E-state index contributed by atoms with van der Waals surface area (Å²) >= 11 is 3.32. The number of hydrogen-bond acceptors (Lipinski definition) is 3. The van der Waals surface area contributed by atoms with Gasteiger partial charge in [0.05, 0.1) is 6.20 Å². The molecule has 1 aromatic heterocycles. The van der Waals surface area contributed by atoms with Crippen molar-refractivity contribution in [3.63, 3.8) is 0 Å². The highest BCUT2D eigenvalue weighted by Crippen LogP contribution is 2.21. The Balaban J connectivity index is 3.08. The summed E-state index contributed by atoms with van der Waals surface area (Å²) in [6.45, 7) is 3.80. The number of nitrogens with zero attached hydrogens (tertiary/aromatic N) is 1. The van der Waals surface area contributed by atoms with E-state index >= 15 is 0 Å². The molecule has 0 saturated heterocycles. The maximum atomic E-state index is 13.0. The molecule has 4 nitrogen and oxygen atoms in total. The molecule has 0 radical (unpaired) electrons. The Bertz CT molecular complexity index is 495. The third kappa shape index (κ3) is 3.49. The Morgan fingerprint density at radius 2 is 2.00 bits per heavy atom. The number of pyridine rings is 1. The standard InChI is InChI=1S/C11H16BrFN2O2S/c1-3-11(4-2,8-12)15-18(16,17)10-5-9(13)6-14-7-10/h5-7,15H,3-4,8H2,1-2H3. The van der Waals surface area contributed by atoms with Gasteiger partial charge in [-0.15, -0.1) is 0 Å². The van der Waals surface area contributed by atoms with E-state index in [4.69, 9.17) is 0 Å². The molecular formula is C11H16BrFN2O2S. The molecule has 0 spiro atoms.